The lowest BCUT2D eigenvalue weighted by Gasteiger charge is -2.21. The molecule has 0 aliphatic carbocycles. The third-order valence-electron chi connectivity index (χ3n) is 3.35. The average molecular weight is 280 g/mol. The van der Waals surface area contributed by atoms with Crippen LogP contribution in [0.25, 0.3) is 0 Å². The van der Waals surface area contributed by atoms with Crippen LogP contribution in [0.5, 0.6) is 0 Å². The van der Waals surface area contributed by atoms with E-state index in [9.17, 15) is 0 Å². The van der Waals surface area contributed by atoms with Gasteiger partial charge in [0.25, 0.3) is 0 Å². The van der Waals surface area contributed by atoms with Gasteiger partial charge < -0.3 is 15.7 Å². The van der Waals surface area contributed by atoms with Gasteiger partial charge in [0.1, 0.15) is 0 Å². The molecule has 0 spiro atoms. The molecule has 0 saturated heterocycles. The highest BCUT2D eigenvalue weighted by atomic mass is 32.2. The van der Waals surface area contributed by atoms with E-state index in [0.717, 1.165) is 37.6 Å². The van der Waals surface area contributed by atoms with Gasteiger partial charge >= 0.3 is 0 Å². The number of aliphatic hydroxyl groups excluding tert-OH is 1. The first-order chi connectivity index (χ1) is 9.42. The van der Waals surface area contributed by atoms with E-state index >= 15 is 0 Å². The number of thioether (sulfide) groups is 1. The predicted octanol–water partition coefficient (Wildman–Crippen LogP) is 2.25. The fourth-order valence-electron chi connectivity index (χ4n) is 2.36. The maximum atomic E-state index is 8.69. The Morgan fingerprint density at radius 1 is 1.32 bits per heavy atom. The predicted molar refractivity (Wildman–Crippen MR) is 84.0 cm³/mol. The molecular formula is C15H24N2OS. The number of anilines is 1. The zero-order valence-electron chi connectivity index (χ0n) is 11.5. The molecule has 19 heavy (non-hydrogen) atoms. The maximum absolute atomic E-state index is 8.69. The minimum atomic E-state index is 0.308. The highest BCUT2D eigenvalue weighted by molar-refractivity contribution is 7.99. The van der Waals surface area contributed by atoms with Gasteiger partial charge in [0.05, 0.1) is 0 Å². The molecule has 106 valence electrons. The van der Waals surface area contributed by atoms with Crippen LogP contribution in [0.1, 0.15) is 24.0 Å². The van der Waals surface area contributed by atoms with Crippen molar-refractivity contribution in [2.75, 3.05) is 36.5 Å². The topological polar surface area (TPSA) is 44.3 Å². The zero-order chi connectivity index (χ0) is 13.3. The Balaban J connectivity index is 1.71. The van der Waals surface area contributed by atoms with Crippen LogP contribution >= 0.6 is 11.8 Å². The summed E-state index contributed by atoms with van der Waals surface area (Å²) in [5, 5.41) is 15.7. The Hall–Kier alpha value is -0.710. The number of nitrogens with one attached hydrogen (secondary N) is 2. The van der Waals surface area contributed by atoms with Crippen LogP contribution in [-0.4, -0.2) is 36.3 Å². The van der Waals surface area contributed by atoms with Crippen LogP contribution in [0.15, 0.2) is 18.2 Å². The minimum Gasteiger partial charge on any atom is -0.396 e. The molecule has 1 heterocycles. The van der Waals surface area contributed by atoms with Crippen LogP contribution in [0, 0.1) is 0 Å². The van der Waals surface area contributed by atoms with Gasteiger partial charge in [0.2, 0.25) is 0 Å². The standard InChI is InChI=1S/C15H24N2OS/c18-9-3-10-19-11-8-16-12-14-5-1-4-13-6-2-7-17-15(13)14/h1,4-5,16-18H,2-3,6-12H2. The quantitative estimate of drug-likeness (QED) is 0.639. The third kappa shape index (κ3) is 4.71. The van der Waals surface area contributed by atoms with Gasteiger partial charge in [-0.15, -0.1) is 0 Å². The molecule has 4 heteroatoms. The first-order valence-corrected chi connectivity index (χ1v) is 8.31. The zero-order valence-corrected chi connectivity index (χ0v) is 12.3. The van der Waals surface area contributed by atoms with Gasteiger partial charge in [-0.05, 0) is 36.1 Å². The lowest BCUT2D eigenvalue weighted by molar-refractivity contribution is 0.296. The van der Waals surface area contributed by atoms with Crippen molar-refractivity contribution >= 4 is 17.4 Å². The Morgan fingerprint density at radius 2 is 2.26 bits per heavy atom. The summed E-state index contributed by atoms with van der Waals surface area (Å²) in [6, 6.07) is 6.61. The van der Waals surface area contributed by atoms with Crippen LogP contribution in [-0.2, 0) is 13.0 Å². The number of hydrogen-bond donors (Lipinski definition) is 3. The lowest BCUT2D eigenvalue weighted by Crippen LogP contribution is -2.20. The van der Waals surface area contributed by atoms with Crippen LogP contribution in [0.4, 0.5) is 5.69 Å². The molecule has 0 saturated carbocycles. The molecule has 2 rings (SSSR count). The first-order valence-electron chi connectivity index (χ1n) is 7.16. The molecule has 0 amide bonds. The highest BCUT2D eigenvalue weighted by Crippen LogP contribution is 2.25. The van der Waals surface area contributed by atoms with Crippen molar-refractivity contribution in [3.8, 4) is 0 Å². The highest BCUT2D eigenvalue weighted by Gasteiger charge is 2.11. The van der Waals surface area contributed by atoms with E-state index in [4.69, 9.17) is 5.11 Å². The molecule has 0 radical (unpaired) electrons. The van der Waals surface area contributed by atoms with Gasteiger partial charge in [-0.1, -0.05) is 18.2 Å². The molecule has 1 aromatic rings. The van der Waals surface area contributed by atoms with Gasteiger partial charge in [-0.3, -0.25) is 0 Å². The largest absolute Gasteiger partial charge is 0.396 e. The van der Waals surface area contributed by atoms with Crippen LogP contribution in [0.3, 0.4) is 0 Å². The van der Waals surface area contributed by atoms with Crippen molar-refractivity contribution in [3.63, 3.8) is 0 Å². The summed E-state index contributed by atoms with van der Waals surface area (Å²) in [4.78, 5) is 0. The summed E-state index contributed by atoms with van der Waals surface area (Å²) < 4.78 is 0. The number of benzene rings is 1. The van der Waals surface area contributed by atoms with E-state index in [2.05, 4.69) is 28.8 Å². The molecule has 1 aromatic carbocycles. The molecule has 1 aliphatic rings. The SMILES string of the molecule is OCCCSCCNCc1cccc2c1NCCC2. The van der Waals surface area contributed by atoms with E-state index in [1.54, 1.807) is 0 Å². The normalized spacial score (nSPS) is 13.9. The smallest absolute Gasteiger partial charge is 0.0438 e. The monoisotopic (exact) mass is 280 g/mol. The summed E-state index contributed by atoms with van der Waals surface area (Å²) in [7, 11) is 0. The Bertz CT molecular complexity index is 384. The molecule has 3 nitrogen and oxygen atoms in total. The summed E-state index contributed by atoms with van der Waals surface area (Å²) in [5.41, 5.74) is 4.20. The van der Waals surface area contributed by atoms with Gasteiger partial charge in [0.15, 0.2) is 0 Å². The van der Waals surface area contributed by atoms with Gasteiger partial charge in [-0.2, -0.15) is 11.8 Å². The van der Waals surface area contributed by atoms with Crippen molar-refractivity contribution < 1.29 is 5.11 Å². The van der Waals surface area contributed by atoms with Gasteiger partial charge in [0, 0.05) is 37.7 Å². The average Bonchev–Trinajstić information content (AvgIpc) is 2.46. The second kappa shape index (κ2) is 8.46. The number of fused-ring (bicyclic) bond motifs is 1. The van der Waals surface area contributed by atoms with Crippen molar-refractivity contribution in [1.82, 2.24) is 5.32 Å². The first kappa shape index (κ1) is 14.7. The van der Waals surface area contributed by atoms with Crippen LogP contribution < -0.4 is 10.6 Å². The number of aryl methyl sites for hydroxylation is 1. The molecule has 0 fully saturated rings. The van der Waals surface area contributed by atoms with E-state index in [-0.39, 0.29) is 0 Å². The second-order valence-electron chi connectivity index (χ2n) is 4.85. The number of aliphatic hydroxyl groups is 1. The van der Waals surface area contributed by atoms with Crippen molar-refractivity contribution in [2.45, 2.75) is 25.8 Å². The second-order valence-corrected chi connectivity index (χ2v) is 6.07. The van der Waals surface area contributed by atoms with Crippen molar-refractivity contribution in [2.24, 2.45) is 0 Å². The molecular weight excluding hydrogens is 256 g/mol. The van der Waals surface area contributed by atoms with Crippen molar-refractivity contribution in [1.29, 1.82) is 0 Å². The molecule has 1 aliphatic heterocycles. The third-order valence-corrected chi connectivity index (χ3v) is 4.42. The summed E-state index contributed by atoms with van der Waals surface area (Å²) in [6.07, 6.45) is 3.35. The van der Waals surface area contributed by atoms with Gasteiger partial charge in [-0.25, -0.2) is 0 Å². The van der Waals surface area contributed by atoms with Crippen molar-refractivity contribution in [3.05, 3.63) is 29.3 Å². The Kier molecular flexibility index (Phi) is 6.54. The lowest BCUT2D eigenvalue weighted by atomic mass is 9.99. The summed E-state index contributed by atoms with van der Waals surface area (Å²) in [5.74, 6) is 2.17. The minimum absolute atomic E-state index is 0.308. The number of hydrogen-bond acceptors (Lipinski definition) is 4. The molecule has 3 N–H and O–H groups in total. The number of para-hydroxylation sites is 1. The Labute approximate surface area is 120 Å². The van der Waals surface area contributed by atoms with E-state index in [1.807, 2.05) is 11.8 Å². The fraction of sp³-hybridized carbons (Fsp3) is 0.600. The van der Waals surface area contributed by atoms with E-state index in [1.165, 1.54) is 29.7 Å². The molecule has 0 aromatic heterocycles. The maximum Gasteiger partial charge on any atom is 0.0438 e. The summed E-state index contributed by atoms with van der Waals surface area (Å²) in [6.45, 7) is 3.37. The molecule has 0 atom stereocenters. The molecule has 0 bridgehead atoms. The Morgan fingerprint density at radius 3 is 3.16 bits per heavy atom. The summed E-state index contributed by atoms with van der Waals surface area (Å²) >= 11 is 1.90. The number of rotatable bonds is 8. The molecule has 0 unspecified atom stereocenters. The fourth-order valence-corrected chi connectivity index (χ4v) is 3.19. The van der Waals surface area contributed by atoms with E-state index < -0.39 is 0 Å². The van der Waals surface area contributed by atoms with E-state index in [0.29, 0.717) is 6.61 Å². The van der Waals surface area contributed by atoms with Crippen LogP contribution in [0.2, 0.25) is 0 Å².